The van der Waals surface area contributed by atoms with Crippen LogP contribution in [0.3, 0.4) is 0 Å². The predicted molar refractivity (Wildman–Crippen MR) is 80.8 cm³/mol. The molecule has 0 aromatic heterocycles. The van der Waals surface area contributed by atoms with Crippen molar-refractivity contribution < 1.29 is 19.1 Å². The highest BCUT2D eigenvalue weighted by Crippen LogP contribution is 2.32. The topological polar surface area (TPSA) is 55.8 Å². The van der Waals surface area contributed by atoms with Crippen LogP contribution >= 0.6 is 0 Å². The number of carbonyl (C=O) groups is 2. The summed E-state index contributed by atoms with van der Waals surface area (Å²) < 4.78 is 10.2. The lowest BCUT2D eigenvalue weighted by molar-refractivity contribution is -0.171. The lowest BCUT2D eigenvalue weighted by atomic mass is 9.80. The number of rotatable bonds is 7. The van der Waals surface area contributed by atoms with E-state index >= 15 is 0 Å². The fourth-order valence-corrected chi connectivity index (χ4v) is 2.71. The van der Waals surface area contributed by atoms with Crippen LogP contribution in [0.15, 0.2) is 0 Å². The third kappa shape index (κ3) is 4.99. The molecular weight excluding hydrogens is 270 g/mol. The van der Waals surface area contributed by atoms with E-state index in [1.54, 1.807) is 20.8 Å². The van der Waals surface area contributed by atoms with Gasteiger partial charge in [-0.2, -0.15) is 0 Å². The van der Waals surface area contributed by atoms with E-state index in [0.717, 1.165) is 32.4 Å². The fourth-order valence-electron chi connectivity index (χ4n) is 2.71. The van der Waals surface area contributed by atoms with Gasteiger partial charge in [0.1, 0.15) is 0 Å². The first-order valence-corrected chi connectivity index (χ1v) is 7.97. The van der Waals surface area contributed by atoms with E-state index in [4.69, 9.17) is 9.47 Å². The van der Waals surface area contributed by atoms with Crippen LogP contribution in [0.1, 0.15) is 46.5 Å². The Balaban J connectivity index is 2.64. The number of carbonyl (C=O) groups excluding carboxylic acids is 2. The van der Waals surface area contributed by atoms with Crippen molar-refractivity contribution in [2.45, 2.75) is 46.5 Å². The Kier molecular flexibility index (Phi) is 7.15. The number of hydrogen-bond acceptors (Lipinski definition) is 5. The molecule has 0 aromatic carbocycles. The SMILES string of the molecule is CCOC(=O)C(C)(CCC1CCN(C)CC1)C(=O)OCC. The highest BCUT2D eigenvalue weighted by Gasteiger charge is 2.44. The van der Waals surface area contributed by atoms with Gasteiger partial charge in [0.15, 0.2) is 5.41 Å². The lowest BCUT2D eigenvalue weighted by Crippen LogP contribution is -2.40. The molecular formula is C16H29NO4. The number of ether oxygens (including phenoxy) is 2. The van der Waals surface area contributed by atoms with Crippen molar-refractivity contribution in [1.82, 2.24) is 4.90 Å². The van der Waals surface area contributed by atoms with E-state index in [2.05, 4.69) is 11.9 Å². The van der Waals surface area contributed by atoms with Gasteiger partial charge in [-0.05, 0) is 72.5 Å². The predicted octanol–water partition coefficient (Wildman–Crippen LogP) is 2.24. The van der Waals surface area contributed by atoms with Crippen LogP contribution in [0, 0.1) is 11.3 Å². The molecule has 0 aromatic rings. The molecule has 0 atom stereocenters. The second-order valence-corrected chi connectivity index (χ2v) is 6.06. The van der Waals surface area contributed by atoms with Crippen molar-refractivity contribution in [1.29, 1.82) is 0 Å². The van der Waals surface area contributed by atoms with Crippen LogP contribution in [-0.2, 0) is 19.1 Å². The van der Waals surface area contributed by atoms with Gasteiger partial charge in [0.25, 0.3) is 0 Å². The van der Waals surface area contributed by atoms with Gasteiger partial charge < -0.3 is 14.4 Å². The smallest absolute Gasteiger partial charge is 0.323 e. The number of piperidine rings is 1. The van der Waals surface area contributed by atoms with E-state index < -0.39 is 17.4 Å². The van der Waals surface area contributed by atoms with E-state index in [1.165, 1.54) is 0 Å². The Morgan fingerprint density at radius 1 is 1.10 bits per heavy atom. The standard InChI is InChI=1S/C16H29NO4/c1-5-20-14(18)16(3,15(19)21-6-2)10-7-13-8-11-17(4)12-9-13/h13H,5-12H2,1-4H3. The maximum Gasteiger partial charge on any atom is 0.323 e. The van der Waals surface area contributed by atoms with Crippen molar-refractivity contribution in [2.75, 3.05) is 33.4 Å². The van der Waals surface area contributed by atoms with Crippen molar-refractivity contribution in [2.24, 2.45) is 11.3 Å². The van der Waals surface area contributed by atoms with Gasteiger partial charge >= 0.3 is 11.9 Å². The van der Waals surface area contributed by atoms with E-state index in [1.807, 2.05) is 0 Å². The molecule has 0 amide bonds. The normalized spacial score (nSPS) is 17.5. The highest BCUT2D eigenvalue weighted by atomic mass is 16.6. The summed E-state index contributed by atoms with van der Waals surface area (Å²) in [7, 11) is 2.12. The van der Waals surface area contributed by atoms with Gasteiger partial charge in [-0.15, -0.1) is 0 Å². The minimum atomic E-state index is -1.17. The molecule has 0 spiro atoms. The van der Waals surface area contributed by atoms with Gasteiger partial charge in [0.2, 0.25) is 0 Å². The number of esters is 2. The quantitative estimate of drug-likeness (QED) is 0.533. The molecule has 0 aliphatic carbocycles. The molecule has 0 unspecified atom stereocenters. The first-order valence-electron chi connectivity index (χ1n) is 7.97. The fraction of sp³-hybridized carbons (Fsp3) is 0.875. The average molecular weight is 299 g/mol. The van der Waals surface area contributed by atoms with Gasteiger partial charge in [0.05, 0.1) is 13.2 Å². The molecule has 0 radical (unpaired) electrons. The monoisotopic (exact) mass is 299 g/mol. The maximum atomic E-state index is 12.2. The zero-order valence-corrected chi connectivity index (χ0v) is 13.8. The molecule has 1 saturated heterocycles. The summed E-state index contributed by atoms with van der Waals surface area (Å²) in [5.41, 5.74) is -1.17. The van der Waals surface area contributed by atoms with Crippen molar-refractivity contribution in [3.63, 3.8) is 0 Å². The number of likely N-dealkylation sites (tertiary alicyclic amines) is 1. The summed E-state index contributed by atoms with van der Waals surface area (Å²) in [5, 5.41) is 0. The van der Waals surface area contributed by atoms with Crippen molar-refractivity contribution in [3.8, 4) is 0 Å². The van der Waals surface area contributed by atoms with Gasteiger partial charge in [0, 0.05) is 0 Å². The molecule has 1 heterocycles. The summed E-state index contributed by atoms with van der Waals surface area (Å²) in [5.74, 6) is -0.350. The summed E-state index contributed by atoms with van der Waals surface area (Å²) in [4.78, 5) is 26.7. The molecule has 1 aliphatic heterocycles. The second-order valence-electron chi connectivity index (χ2n) is 6.06. The Bertz CT molecular complexity index is 330. The molecule has 122 valence electrons. The Morgan fingerprint density at radius 3 is 2.00 bits per heavy atom. The van der Waals surface area contributed by atoms with Gasteiger partial charge in [-0.1, -0.05) is 0 Å². The number of nitrogens with zero attached hydrogens (tertiary/aromatic N) is 1. The molecule has 5 heteroatoms. The lowest BCUT2D eigenvalue weighted by Gasteiger charge is -2.31. The summed E-state index contributed by atoms with van der Waals surface area (Å²) in [6.07, 6.45) is 3.61. The first-order chi connectivity index (χ1) is 9.93. The Labute approximate surface area is 128 Å². The minimum Gasteiger partial charge on any atom is -0.465 e. The summed E-state index contributed by atoms with van der Waals surface area (Å²) in [6.45, 7) is 7.88. The van der Waals surface area contributed by atoms with Crippen molar-refractivity contribution >= 4 is 11.9 Å². The molecule has 1 fully saturated rings. The highest BCUT2D eigenvalue weighted by molar-refractivity contribution is 5.99. The average Bonchev–Trinajstić information content (AvgIpc) is 2.46. The molecule has 21 heavy (non-hydrogen) atoms. The molecule has 0 N–H and O–H groups in total. The third-order valence-electron chi connectivity index (χ3n) is 4.34. The Morgan fingerprint density at radius 2 is 1.57 bits per heavy atom. The van der Waals surface area contributed by atoms with Crippen LogP contribution in [0.2, 0.25) is 0 Å². The molecule has 1 rings (SSSR count). The molecule has 5 nitrogen and oxygen atoms in total. The maximum absolute atomic E-state index is 12.2. The number of hydrogen-bond donors (Lipinski definition) is 0. The first kappa shape index (κ1) is 18.0. The molecule has 0 saturated carbocycles. The minimum absolute atomic E-state index is 0.280. The Hall–Kier alpha value is -1.10. The third-order valence-corrected chi connectivity index (χ3v) is 4.34. The zero-order valence-electron chi connectivity index (χ0n) is 13.8. The van der Waals surface area contributed by atoms with E-state index in [0.29, 0.717) is 12.3 Å². The van der Waals surface area contributed by atoms with Gasteiger partial charge in [-0.3, -0.25) is 9.59 Å². The van der Waals surface area contributed by atoms with Crippen LogP contribution in [-0.4, -0.2) is 50.2 Å². The van der Waals surface area contributed by atoms with E-state index in [9.17, 15) is 9.59 Å². The van der Waals surface area contributed by atoms with Gasteiger partial charge in [-0.25, -0.2) is 0 Å². The van der Waals surface area contributed by atoms with Crippen molar-refractivity contribution in [3.05, 3.63) is 0 Å². The molecule has 1 aliphatic rings. The molecule has 0 bridgehead atoms. The van der Waals surface area contributed by atoms with Crippen LogP contribution in [0.5, 0.6) is 0 Å². The summed E-state index contributed by atoms with van der Waals surface area (Å²) in [6, 6.07) is 0. The second kappa shape index (κ2) is 8.37. The van der Waals surface area contributed by atoms with Crippen LogP contribution in [0.25, 0.3) is 0 Å². The van der Waals surface area contributed by atoms with Crippen LogP contribution < -0.4 is 0 Å². The largest absolute Gasteiger partial charge is 0.465 e. The summed E-state index contributed by atoms with van der Waals surface area (Å²) >= 11 is 0. The van der Waals surface area contributed by atoms with E-state index in [-0.39, 0.29) is 13.2 Å². The van der Waals surface area contributed by atoms with Crippen LogP contribution in [0.4, 0.5) is 0 Å². The zero-order chi connectivity index (χ0) is 15.9.